The topological polar surface area (TPSA) is 21.6 Å². The molecule has 2 heteroatoms. The summed E-state index contributed by atoms with van der Waals surface area (Å²) in [5, 5.41) is 3.56. The van der Waals surface area contributed by atoms with Crippen LogP contribution in [0.2, 0.25) is 0 Å². The standard InChI is InChI=1S/C6H9NO/c1-4-5-8-7-6(2)3/h1-3H3. The van der Waals surface area contributed by atoms with Crippen LogP contribution >= 0.6 is 0 Å². The van der Waals surface area contributed by atoms with Gasteiger partial charge in [-0.15, -0.1) is 0 Å². The van der Waals surface area contributed by atoms with Crippen molar-refractivity contribution in [3.05, 3.63) is 0 Å². The van der Waals surface area contributed by atoms with Crippen LogP contribution in [-0.4, -0.2) is 5.71 Å². The second-order valence-electron chi connectivity index (χ2n) is 1.48. The fourth-order valence-electron chi connectivity index (χ4n) is 0.160. The molecule has 2 nitrogen and oxygen atoms in total. The number of hydrogen-bond acceptors (Lipinski definition) is 2. The first-order valence-corrected chi connectivity index (χ1v) is 2.36. The van der Waals surface area contributed by atoms with Crippen LogP contribution in [0, 0.1) is 12.0 Å². The highest BCUT2D eigenvalue weighted by Crippen LogP contribution is 1.74. The second kappa shape index (κ2) is 4.20. The number of rotatable bonds is 1. The molecule has 44 valence electrons. The monoisotopic (exact) mass is 111 g/mol. The van der Waals surface area contributed by atoms with Gasteiger partial charge >= 0.3 is 0 Å². The van der Waals surface area contributed by atoms with Crippen molar-refractivity contribution < 1.29 is 4.84 Å². The molecule has 0 fully saturated rings. The number of hydrogen-bond donors (Lipinski definition) is 0. The third-order valence-corrected chi connectivity index (χ3v) is 0.376. The number of oxime groups is 1. The summed E-state index contributed by atoms with van der Waals surface area (Å²) in [6.45, 7) is 5.38. The molecular formula is C6H9NO. The molecule has 0 bridgehead atoms. The van der Waals surface area contributed by atoms with Crippen LogP contribution in [0.5, 0.6) is 0 Å². The van der Waals surface area contributed by atoms with E-state index in [0.717, 1.165) is 5.71 Å². The average Bonchev–Trinajstić information content (AvgIpc) is 1.66. The van der Waals surface area contributed by atoms with Crippen molar-refractivity contribution in [3.63, 3.8) is 0 Å². The minimum atomic E-state index is 0.868. The van der Waals surface area contributed by atoms with E-state index in [1.165, 1.54) is 0 Å². The van der Waals surface area contributed by atoms with E-state index < -0.39 is 0 Å². The summed E-state index contributed by atoms with van der Waals surface area (Å²) < 4.78 is 0. The van der Waals surface area contributed by atoms with Crippen molar-refractivity contribution in [3.8, 4) is 12.0 Å². The van der Waals surface area contributed by atoms with Crippen molar-refractivity contribution in [2.75, 3.05) is 0 Å². The van der Waals surface area contributed by atoms with E-state index in [9.17, 15) is 0 Å². The van der Waals surface area contributed by atoms with Gasteiger partial charge in [0.15, 0.2) is 0 Å². The quantitative estimate of drug-likeness (QED) is 0.284. The molecule has 0 N–H and O–H groups in total. The lowest BCUT2D eigenvalue weighted by atomic mass is 10.5. The van der Waals surface area contributed by atoms with Gasteiger partial charge in [0.05, 0.1) is 5.71 Å². The van der Waals surface area contributed by atoms with Gasteiger partial charge in [0.1, 0.15) is 6.11 Å². The van der Waals surface area contributed by atoms with Crippen LogP contribution in [0.3, 0.4) is 0 Å². The Morgan fingerprint density at radius 3 is 2.50 bits per heavy atom. The van der Waals surface area contributed by atoms with Crippen molar-refractivity contribution in [2.24, 2.45) is 5.16 Å². The Balaban J connectivity index is 3.40. The Labute approximate surface area is 49.5 Å². The highest BCUT2D eigenvalue weighted by Gasteiger charge is 1.72. The molecule has 0 saturated heterocycles. The Kier molecular flexibility index (Phi) is 3.69. The fourth-order valence-corrected chi connectivity index (χ4v) is 0.160. The predicted octanol–water partition coefficient (Wildman–Crippen LogP) is 1.38. The molecule has 0 atom stereocenters. The zero-order valence-electron chi connectivity index (χ0n) is 5.36. The van der Waals surface area contributed by atoms with Gasteiger partial charge in [-0.3, -0.25) is 0 Å². The highest BCUT2D eigenvalue weighted by molar-refractivity contribution is 5.78. The maximum Gasteiger partial charge on any atom is 0.148 e. The van der Waals surface area contributed by atoms with Crippen molar-refractivity contribution >= 4 is 5.71 Å². The van der Waals surface area contributed by atoms with Crippen molar-refractivity contribution in [2.45, 2.75) is 20.8 Å². The van der Waals surface area contributed by atoms with Crippen LogP contribution in [0.1, 0.15) is 20.8 Å². The van der Waals surface area contributed by atoms with Gasteiger partial charge in [-0.2, -0.15) is 0 Å². The Morgan fingerprint density at radius 1 is 1.50 bits per heavy atom. The molecule has 0 spiro atoms. The summed E-state index contributed by atoms with van der Waals surface area (Å²) in [5.74, 6) is 2.54. The van der Waals surface area contributed by atoms with Crippen molar-refractivity contribution in [1.29, 1.82) is 0 Å². The lowest BCUT2D eigenvalue weighted by Gasteiger charge is -1.82. The summed E-state index contributed by atoms with van der Waals surface area (Å²) in [4.78, 5) is 4.47. The average molecular weight is 111 g/mol. The highest BCUT2D eigenvalue weighted by atomic mass is 16.6. The summed E-state index contributed by atoms with van der Waals surface area (Å²) in [7, 11) is 0. The molecule has 8 heavy (non-hydrogen) atoms. The van der Waals surface area contributed by atoms with E-state index in [2.05, 4.69) is 22.0 Å². The molecule has 0 aromatic heterocycles. The molecule has 0 heterocycles. The SMILES string of the molecule is CC#CON=C(C)C. The van der Waals surface area contributed by atoms with Crippen molar-refractivity contribution in [1.82, 2.24) is 0 Å². The maximum absolute atomic E-state index is 4.47. The van der Waals surface area contributed by atoms with E-state index in [-0.39, 0.29) is 0 Å². The molecule has 0 aromatic carbocycles. The zero-order valence-corrected chi connectivity index (χ0v) is 5.36. The largest absolute Gasteiger partial charge is 0.304 e. The van der Waals surface area contributed by atoms with E-state index >= 15 is 0 Å². The van der Waals surface area contributed by atoms with Crippen LogP contribution in [0.4, 0.5) is 0 Å². The fraction of sp³-hybridized carbons (Fsp3) is 0.500. The second-order valence-corrected chi connectivity index (χ2v) is 1.48. The molecule has 0 rings (SSSR count). The Morgan fingerprint density at radius 2 is 2.12 bits per heavy atom. The minimum Gasteiger partial charge on any atom is -0.304 e. The predicted molar refractivity (Wildman–Crippen MR) is 33.3 cm³/mol. The van der Waals surface area contributed by atoms with Gasteiger partial charge in [-0.05, 0) is 13.8 Å². The van der Waals surface area contributed by atoms with Gasteiger partial charge in [0, 0.05) is 6.92 Å². The van der Waals surface area contributed by atoms with Gasteiger partial charge in [-0.1, -0.05) is 11.1 Å². The molecule has 0 aliphatic heterocycles. The third kappa shape index (κ3) is 5.03. The minimum absolute atomic E-state index is 0.868. The van der Waals surface area contributed by atoms with Crippen LogP contribution in [0.15, 0.2) is 5.16 Å². The molecule has 0 radical (unpaired) electrons. The Hall–Kier alpha value is -0.970. The zero-order chi connectivity index (χ0) is 6.41. The summed E-state index contributed by atoms with van der Waals surface area (Å²) in [6.07, 6.45) is 2.34. The van der Waals surface area contributed by atoms with E-state index in [1.54, 1.807) is 6.92 Å². The first-order chi connectivity index (χ1) is 3.77. The smallest absolute Gasteiger partial charge is 0.148 e. The summed E-state index contributed by atoms with van der Waals surface area (Å²) in [5.41, 5.74) is 0.868. The van der Waals surface area contributed by atoms with Gasteiger partial charge in [-0.25, -0.2) is 0 Å². The van der Waals surface area contributed by atoms with E-state index in [0.29, 0.717) is 0 Å². The first kappa shape index (κ1) is 7.03. The Bertz CT molecular complexity index is 134. The lowest BCUT2D eigenvalue weighted by Crippen LogP contribution is -1.79. The lowest BCUT2D eigenvalue weighted by molar-refractivity contribution is 0.298. The van der Waals surface area contributed by atoms with E-state index in [1.807, 2.05) is 13.8 Å². The third-order valence-electron chi connectivity index (χ3n) is 0.376. The molecule has 0 aliphatic rings. The molecule has 0 aliphatic carbocycles. The maximum atomic E-state index is 4.47. The molecule has 0 unspecified atom stereocenters. The first-order valence-electron chi connectivity index (χ1n) is 2.36. The van der Waals surface area contributed by atoms with E-state index in [4.69, 9.17) is 0 Å². The summed E-state index contributed by atoms with van der Waals surface area (Å²) >= 11 is 0. The van der Waals surface area contributed by atoms with Crippen LogP contribution in [0.25, 0.3) is 0 Å². The summed E-state index contributed by atoms with van der Waals surface area (Å²) in [6, 6.07) is 0. The van der Waals surface area contributed by atoms with Gasteiger partial charge < -0.3 is 4.84 Å². The number of nitrogens with zero attached hydrogens (tertiary/aromatic N) is 1. The molecule has 0 aromatic rings. The van der Waals surface area contributed by atoms with Crippen LogP contribution < -0.4 is 0 Å². The molecule has 0 amide bonds. The van der Waals surface area contributed by atoms with Gasteiger partial charge in [0.25, 0.3) is 0 Å². The molecular weight excluding hydrogens is 102 g/mol. The molecule has 0 saturated carbocycles. The normalized spacial score (nSPS) is 6.38. The van der Waals surface area contributed by atoms with Crippen LogP contribution in [-0.2, 0) is 4.84 Å². The van der Waals surface area contributed by atoms with Gasteiger partial charge in [0.2, 0.25) is 0 Å².